The van der Waals surface area contributed by atoms with Crippen LogP contribution in [0, 0.1) is 29.1 Å². The van der Waals surface area contributed by atoms with Crippen LogP contribution in [0.3, 0.4) is 0 Å². The molecule has 0 aromatic heterocycles. The van der Waals surface area contributed by atoms with Crippen molar-refractivity contribution in [1.29, 1.82) is 0 Å². The topological polar surface area (TPSA) is 18.5 Å². The van der Waals surface area contributed by atoms with E-state index in [2.05, 4.69) is 36.5 Å². The van der Waals surface area contributed by atoms with Crippen molar-refractivity contribution in [2.75, 3.05) is 24.7 Å². The summed E-state index contributed by atoms with van der Waals surface area (Å²) in [5.41, 5.74) is 3.50. The highest BCUT2D eigenvalue weighted by atomic mass is 32.2. The van der Waals surface area contributed by atoms with Crippen LogP contribution < -0.4 is 0 Å². The predicted octanol–water partition coefficient (Wildman–Crippen LogP) is 6.03. The highest BCUT2D eigenvalue weighted by Gasteiger charge is 2.67. The van der Waals surface area contributed by atoms with Crippen LogP contribution in [0.15, 0.2) is 23.8 Å². The van der Waals surface area contributed by atoms with Gasteiger partial charge in [0.05, 0.1) is 17.3 Å². The monoisotopic (exact) mass is 418 g/mol. The van der Waals surface area contributed by atoms with Crippen LogP contribution in [0.4, 0.5) is 0 Å². The van der Waals surface area contributed by atoms with Crippen molar-refractivity contribution in [3.05, 3.63) is 23.8 Å². The number of hydrogen-bond acceptors (Lipinski definition) is 4. The molecule has 6 rings (SSSR count). The number of rotatable bonds is 1. The Morgan fingerprint density at radius 3 is 2.64 bits per heavy atom. The lowest BCUT2D eigenvalue weighted by molar-refractivity contribution is -0.242. The van der Waals surface area contributed by atoms with E-state index in [1.54, 1.807) is 5.57 Å². The highest BCUT2D eigenvalue weighted by molar-refractivity contribution is 8.21. The third-order valence-corrected chi connectivity index (χ3v) is 12.7. The van der Waals surface area contributed by atoms with E-state index in [1.807, 2.05) is 0 Å². The average molecular weight is 419 g/mol. The van der Waals surface area contributed by atoms with E-state index in [0.29, 0.717) is 4.08 Å². The smallest absolute Gasteiger partial charge is 0.174 e. The average Bonchev–Trinajstić information content (AvgIpc) is 3.43. The van der Waals surface area contributed by atoms with Crippen molar-refractivity contribution in [2.45, 2.75) is 68.2 Å². The van der Waals surface area contributed by atoms with E-state index in [4.69, 9.17) is 16.1 Å². The number of hydrogen-bond donors (Lipinski definition) is 0. The molecule has 0 aromatic rings. The molecular formula is C24H34O2S2. The maximum atomic E-state index is 6.38. The van der Waals surface area contributed by atoms with Crippen LogP contribution in [0.5, 0.6) is 0 Å². The third kappa shape index (κ3) is 2.38. The summed E-state index contributed by atoms with van der Waals surface area (Å²) < 4.78 is 13.2. The molecule has 2 nitrogen and oxygen atoms in total. The van der Waals surface area contributed by atoms with Crippen molar-refractivity contribution >= 4 is 23.5 Å². The molecule has 0 aromatic carbocycles. The Kier molecular flexibility index (Phi) is 4.40. The van der Waals surface area contributed by atoms with Crippen LogP contribution in [0.2, 0.25) is 0 Å². The van der Waals surface area contributed by atoms with Gasteiger partial charge >= 0.3 is 0 Å². The van der Waals surface area contributed by atoms with Gasteiger partial charge in [0, 0.05) is 23.3 Å². The SMILES string of the molecule is C=C1C[C@@]2(CC)C(CCC23OCCO3)C2CCC3=CC4(CCC3[C@@H]12)SCCS4. The van der Waals surface area contributed by atoms with Crippen LogP contribution in [-0.4, -0.2) is 34.6 Å². The molecule has 3 saturated carbocycles. The van der Waals surface area contributed by atoms with Gasteiger partial charge in [0.15, 0.2) is 5.79 Å². The fourth-order valence-electron chi connectivity index (χ4n) is 8.33. The third-order valence-electron chi connectivity index (χ3n) is 9.29. The Labute approximate surface area is 178 Å². The number of ether oxygens (including phenoxy) is 2. The van der Waals surface area contributed by atoms with Crippen molar-refractivity contribution < 1.29 is 9.47 Å². The van der Waals surface area contributed by atoms with Gasteiger partial charge < -0.3 is 9.47 Å². The molecule has 0 bridgehead atoms. The molecule has 0 N–H and O–H groups in total. The predicted molar refractivity (Wildman–Crippen MR) is 119 cm³/mol. The van der Waals surface area contributed by atoms with Gasteiger partial charge in [-0.25, -0.2) is 0 Å². The first-order valence-electron chi connectivity index (χ1n) is 11.6. The summed E-state index contributed by atoms with van der Waals surface area (Å²) in [4.78, 5) is 0. The molecule has 4 aliphatic carbocycles. The van der Waals surface area contributed by atoms with Gasteiger partial charge in [-0.2, -0.15) is 0 Å². The molecule has 5 fully saturated rings. The number of thioether (sulfide) groups is 2. The van der Waals surface area contributed by atoms with Crippen molar-refractivity contribution in [3.63, 3.8) is 0 Å². The lowest BCUT2D eigenvalue weighted by Crippen LogP contribution is -2.55. The van der Waals surface area contributed by atoms with E-state index in [-0.39, 0.29) is 11.2 Å². The van der Waals surface area contributed by atoms with Crippen LogP contribution in [-0.2, 0) is 9.47 Å². The fraction of sp³-hybridized carbons (Fsp3) is 0.833. The number of allylic oxidation sites excluding steroid dienone is 2. The Bertz CT molecular complexity index is 703. The van der Waals surface area contributed by atoms with Gasteiger partial charge in [0.2, 0.25) is 0 Å². The molecule has 2 saturated heterocycles. The highest BCUT2D eigenvalue weighted by Crippen LogP contribution is 2.69. The minimum atomic E-state index is -0.301. The second-order valence-corrected chi connectivity index (χ2v) is 13.2. The van der Waals surface area contributed by atoms with E-state index >= 15 is 0 Å². The largest absolute Gasteiger partial charge is 0.347 e. The van der Waals surface area contributed by atoms with Gasteiger partial charge in [0.25, 0.3) is 0 Å². The zero-order valence-corrected chi connectivity index (χ0v) is 18.8. The first-order valence-corrected chi connectivity index (χ1v) is 13.5. The summed E-state index contributed by atoms with van der Waals surface area (Å²) in [5, 5.41) is 0. The molecule has 6 aliphatic rings. The lowest BCUT2D eigenvalue weighted by Gasteiger charge is -2.57. The Morgan fingerprint density at radius 2 is 1.89 bits per heavy atom. The first kappa shape index (κ1) is 18.8. The van der Waals surface area contributed by atoms with E-state index in [9.17, 15) is 0 Å². The molecule has 3 unspecified atom stereocenters. The Balaban J connectivity index is 1.34. The summed E-state index contributed by atoms with van der Waals surface area (Å²) >= 11 is 4.43. The molecule has 5 atom stereocenters. The van der Waals surface area contributed by atoms with E-state index in [0.717, 1.165) is 49.7 Å². The van der Waals surface area contributed by atoms with Crippen molar-refractivity contribution in [3.8, 4) is 0 Å². The van der Waals surface area contributed by atoms with Crippen LogP contribution in [0.25, 0.3) is 0 Å². The van der Waals surface area contributed by atoms with Crippen LogP contribution in [0.1, 0.15) is 58.3 Å². The maximum Gasteiger partial charge on any atom is 0.174 e. The fourth-order valence-corrected chi connectivity index (χ4v) is 11.5. The Morgan fingerprint density at radius 1 is 1.11 bits per heavy atom. The lowest BCUT2D eigenvalue weighted by atomic mass is 9.49. The molecule has 2 spiro atoms. The summed E-state index contributed by atoms with van der Waals surface area (Å²) in [5.74, 6) is 5.42. The van der Waals surface area contributed by atoms with Gasteiger partial charge in [0.1, 0.15) is 0 Å². The first-order chi connectivity index (χ1) is 13.6. The summed E-state index contributed by atoms with van der Waals surface area (Å²) in [6.07, 6.45) is 12.9. The summed E-state index contributed by atoms with van der Waals surface area (Å²) in [6.45, 7) is 8.68. The molecule has 0 amide bonds. The van der Waals surface area contributed by atoms with Gasteiger partial charge in [-0.3, -0.25) is 0 Å². The second-order valence-electron chi connectivity index (χ2n) is 10.0. The number of fused-ring (bicyclic) bond motifs is 6. The van der Waals surface area contributed by atoms with E-state index in [1.165, 1.54) is 55.6 Å². The minimum absolute atomic E-state index is 0.177. The summed E-state index contributed by atoms with van der Waals surface area (Å²) in [6, 6.07) is 0. The molecule has 4 heteroatoms. The van der Waals surface area contributed by atoms with Gasteiger partial charge in [-0.15, -0.1) is 23.5 Å². The molecule has 2 aliphatic heterocycles. The maximum absolute atomic E-state index is 6.38. The van der Waals surface area contributed by atoms with Crippen molar-refractivity contribution in [2.24, 2.45) is 29.1 Å². The summed E-state index contributed by atoms with van der Waals surface area (Å²) in [7, 11) is 0. The van der Waals surface area contributed by atoms with Gasteiger partial charge in [-0.05, 0) is 68.6 Å². The zero-order chi connectivity index (χ0) is 19.0. The molecule has 2 heterocycles. The molecule has 154 valence electrons. The molecular weight excluding hydrogens is 384 g/mol. The molecule has 0 radical (unpaired) electrons. The standard InChI is InChI=1S/C24H34O2S2/c1-3-22-14-16(2)21-18-6-8-23(27-12-13-28-23)15-17(18)4-5-19(21)20(22)7-9-24(22)25-10-11-26-24/h15,18-21H,2-14H2,1H3/t18?,19?,20?,21-,22+/m1/s1. The quantitative estimate of drug-likeness (QED) is 0.483. The zero-order valence-electron chi connectivity index (χ0n) is 17.2. The Hall–Kier alpha value is 0.100. The normalized spacial score (nSPS) is 45.8. The molecule has 28 heavy (non-hydrogen) atoms. The minimum Gasteiger partial charge on any atom is -0.347 e. The van der Waals surface area contributed by atoms with Crippen LogP contribution >= 0.6 is 23.5 Å². The second kappa shape index (κ2) is 6.55. The van der Waals surface area contributed by atoms with Gasteiger partial charge in [-0.1, -0.05) is 30.7 Å². The van der Waals surface area contributed by atoms with Crippen molar-refractivity contribution in [1.82, 2.24) is 0 Å². The van der Waals surface area contributed by atoms with E-state index < -0.39 is 0 Å².